The molecule has 254 valence electrons. The van der Waals surface area contributed by atoms with Gasteiger partial charge in [-0.05, 0) is 29.6 Å². The monoisotopic (exact) mass is 1040 g/mol. The zero-order chi connectivity index (χ0) is 33.5. The van der Waals surface area contributed by atoms with Crippen molar-refractivity contribution in [2.24, 2.45) is 0 Å². The van der Waals surface area contributed by atoms with E-state index in [2.05, 4.69) is 44.2 Å². The summed E-state index contributed by atoms with van der Waals surface area (Å²) in [5, 5.41) is 1.59. The van der Waals surface area contributed by atoms with Gasteiger partial charge in [-0.1, -0.05) is 23.2 Å². The van der Waals surface area contributed by atoms with Gasteiger partial charge in [0.2, 0.25) is 17.8 Å². The van der Waals surface area contributed by atoms with Gasteiger partial charge in [-0.3, -0.25) is 9.97 Å². The number of nitrogens with zero attached hydrogens (tertiary/aromatic N) is 5. The number of pyridine rings is 2. The Kier molecular flexibility index (Phi) is 10.4. The smallest absolute Gasteiger partial charge is 0.503 e. The van der Waals surface area contributed by atoms with Crippen molar-refractivity contribution in [3.8, 4) is 51.5 Å². The summed E-state index contributed by atoms with van der Waals surface area (Å²) >= 11 is 0. The number of ether oxygens (including phenoxy) is 2. The molecule has 0 aliphatic rings. The summed E-state index contributed by atoms with van der Waals surface area (Å²) in [6.45, 7) is 0. The molecule has 0 aliphatic heterocycles. The Labute approximate surface area is 316 Å². The predicted octanol–water partition coefficient (Wildman–Crippen LogP) is 9.03. The van der Waals surface area contributed by atoms with E-state index in [0.717, 1.165) is 22.9 Å². The number of benzene rings is 4. The van der Waals surface area contributed by atoms with Gasteiger partial charge in [0.15, 0.2) is 0 Å². The minimum Gasteiger partial charge on any atom is -0.503 e. The van der Waals surface area contributed by atoms with Crippen LogP contribution in [0.3, 0.4) is 0 Å². The average molecular weight is 1040 g/mol. The van der Waals surface area contributed by atoms with Gasteiger partial charge in [0.25, 0.3) is 0 Å². The van der Waals surface area contributed by atoms with E-state index in [-0.39, 0.29) is 65.0 Å². The molecular formula is C38H17F4N5O2Pt2. The van der Waals surface area contributed by atoms with Crippen LogP contribution in [0.1, 0.15) is 0 Å². The summed E-state index contributed by atoms with van der Waals surface area (Å²) in [5.74, 6) is -1.87. The van der Waals surface area contributed by atoms with Gasteiger partial charge in [0.1, 0.15) is 11.6 Å². The number of hydrogen-bond acceptors (Lipinski definition) is 6. The van der Waals surface area contributed by atoms with Crippen molar-refractivity contribution in [3.63, 3.8) is 0 Å². The fourth-order valence-electron chi connectivity index (χ4n) is 5.31. The minimum absolute atomic E-state index is 0. The molecule has 8 aromatic rings. The second kappa shape index (κ2) is 14.9. The molecule has 4 aromatic carbocycles. The molecule has 0 unspecified atom stereocenters. The van der Waals surface area contributed by atoms with Gasteiger partial charge >= 0.3 is 42.1 Å². The van der Waals surface area contributed by atoms with Crippen LogP contribution >= 0.6 is 0 Å². The van der Waals surface area contributed by atoms with Crippen molar-refractivity contribution in [3.05, 3.63) is 151 Å². The fraction of sp³-hybridized carbons (Fsp3) is 0. The van der Waals surface area contributed by atoms with E-state index in [1.54, 1.807) is 71.6 Å². The van der Waals surface area contributed by atoms with Crippen LogP contribution in [-0.4, -0.2) is 24.5 Å². The molecule has 4 heterocycles. The topological polar surface area (TPSA) is 75.0 Å². The van der Waals surface area contributed by atoms with Gasteiger partial charge in [0, 0.05) is 47.5 Å². The zero-order valence-corrected chi connectivity index (χ0v) is 30.1. The molecule has 4 aromatic heterocycles. The van der Waals surface area contributed by atoms with Crippen molar-refractivity contribution < 1.29 is 69.2 Å². The van der Waals surface area contributed by atoms with Crippen molar-refractivity contribution in [1.82, 2.24) is 24.5 Å². The van der Waals surface area contributed by atoms with Crippen LogP contribution in [0.2, 0.25) is 0 Å². The van der Waals surface area contributed by atoms with E-state index in [1.165, 1.54) is 0 Å². The quantitative estimate of drug-likeness (QED) is 0.0902. The minimum atomic E-state index is -0.945. The molecular weight excluding hydrogens is 1020 g/mol. The van der Waals surface area contributed by atoms with E-state index in [9.17, 15) is 17.6 Å². The number of rotatable bonds is 7. The van der Waals surface area contributed by atoms with Crippen LogP contribution in [0, 0.1) is 47.8 Å². The molecule has 8 rings (SSSR count). The summed E-state index contributed by atoms with van der Waals surface area (Å²) in [6.07, 6.45) is 3.21. The number of aromatic nitrogens is 5. The molecule has 0 amide bonds. The Morgan fingerprint density at radius 1 is 0.510 bits per heavy atom. The Morgan fingerprint density at radius 2 is 0.961 bits per heavy atom. The van der Waals surface area contributed by atoms with E-state index in [1.807, 2.05) is 12.1 Å². The molecule has 0 bridgehead atoms. The molecule has 0 spiro atoms. The second-order valence-corrected chi connectivity index (χ2v) is 10.6. The first-order valence-electron chi connectivity index (χ1n) is 14.6. The maximum absolute atomic E-state index is 13.8. The van der Waals surface area contributed by atoms with Gasteiger partial charge < -0.3 is 14.0 Å². The summed E-state index contributed by atoms with van der Waals surface area (Å²) in [4.78, 5) is 16.4. The number of fused-ring (bicyclic) bond motifs is 3. The van der Waals surface area contributed by atoms with E-state index in [4.69, 9.17) is 9.47 Å². The third-order valence-corrected chi connectivity index (χ3v) is 7.33. The second-order valence-electron chi connectivity index (χ2n) is 10.6. The van der Waals surface area contributed by atoms with Crippen molar-refractivity contribution in [2.45, 2.75) is 0 Å². The van der Waals surface area contributed by atoms with Crippen LogP contribution < -0.4 is 9.47 Å². The normalized spacial score (nSPS) is 10.8. The van der Waals surface area contributed by atoms with Crippen LogP contribution in [0.5, 0.6) is 23.0 Å². The Bertz CT molecular complexity index is 2340. The van der Waals surface area contributed by atoms with E-state index < -0.39 is 23.5 Å². The maximum atomic E-state index is 13.8. The van der Waals surface area contributed by atoms with Crippen molar-refractivity contribution in [1.29, 1.82) is 0 Å². The molecule has 0 N–H and O–H groups in total. The summed E-state index contributed by atoms with van der Waals surface area (Å²) in [7, 11) is 0. The number of hydrogen-bond donors (Lipinski definition) is 0. The van der Waals surface area contributed by atoms with Gasteiger partial charge in [-0.15, -0.1) is 71.8 Å². The van der Waals surface area contributed by atoms with Gasteiger partial charge in [-0.2, -0.15) is 31.7 Å². The first-order valence-corrected chi connectivity index (χ1v) is 14.6. The third kappa shape index (κ3) is 7.46. The summed E-state index contributed by atoms with van der Waals surface area (Å²) < 4.78 is 69.1. The summed E-state index contributed by atoms with van der Waals surface area (Å²) in [6, 6.07) is 34.9. The average Bonchev–Trinajstić information content (AvgIpc) is 3.41. The maximum Gasteiger partial charge on any atom is 2.00 e. The first kappa shape index (κ1) is 35.6. The standard InChI is InChI=1S/C38H17F4N5O2.2Pt/c39-24-16-32(45-36(41)18-24)22-4-1-6-26(14-22)48-28-8-10-30-31-11-9-29(21-35(31)47(34(30)20-28)38-43-12-3-13-44-38)49-27-7-2-5-23(15-27)33-17-25(40)19-37(42)46-33;;/h1-13,16-19H;;/q-4;2*+2. The van der Waals surface area contributed by atoms with Crippen molar-refractivity contribution >= 4 is 21.8 Å². The number of halogens is 4. The Morgan fingerprint density at radius 3 is 1.41 bits per heavy atom. The SMILES string of the molecule is Fc1cc(F)nc(-c2[c-]c(Oc3[c-]c4c(cc3)c3ccc(Oc5[c-]c(-c6cc(F)cc(F)n6)ccc5)[c-]c3n4-c3ncccn3)ccc2)c1.[Pt+2].[Pt+2]. The fourth-order valence-corrected chi connectivity index (χ4v) is 5.31. The third-order valence-electron chi connectivity index (χ3n) is 7.33. The van der Waals surface area contributed by atoms with Crippen LogP contribution in [0.25, 0.3) is 50.3 Å². The molecule has 0 fully saturated rings. The van der Waals surface area contributed by atoms with Gasteiger partial charge in [0.05, 0.1) is 0 Å². The molecule has 51 heavy (non-hydrogen) atoms. The predicted molar refractivity (Wildman–Crippen MR) is 171 cm³/mol. The first-order chi connectivity index (χ1) is 23.9. The molecule has 0 saturated carbocycles. The summed E-state index contributed by atoms with van der Waals surface area (Å²) in [5.41, 5.74) is 1.97. The zero-order valence-electron chi connectivity index (χ0n) is 25.5. The van der Waals surface area contributed by atoms with Crippen LogP contribution in [0.4, 0.5) is 17.6 Å². The largest absolute Gasteiger partial charge is 2.00 e. The van der Waals surface area contributed by atoms with E-state index >= 15 is 0 Å². The van der Waals surface area contributed by atoms with Crippen LogP contribution in [-0.2, 0) is 42.1 Å². The Hall–Kier alpha value is -5.24. The van der Waals surface area contributed by atoms with E-state index in [0.29, 0.717) is 51.7 Å². The van der Waals surface area contributed by atoms with Crippen molar-refractivity contribution in [2.75, 3.05) is 0 Å². The molecule has 0 aliphatic carbocycles. The molecule has 0 saturated heterocycles. The molecule has 0 radical (unpaired) electrons. The van der Waals surface area contributed by atoms with Crippen LogP contribution in [0.15, 0.2) is 103 Å². The Balaban J connectivity index is 0.00000224. The molecule has 7 nitrogen and oxygen atoms in total. The van der Waals surface area contributed by atoms with Gasteiger partial charge in [-0.25, -0.2) is 18.7 Å². The molecule has 13 heteroatoms. The molecule has 0 atom stereocenters.